The number of aliphatic hydroxyl groups is 1. The van der Waals surface area contributed by atoms with Crippen molar-refractivity contribution in [2.24, 2.45) is 0 Å². The third-order valence-corrected chi connectivity index (χ3v) is 6.19. The zero-order valence-corrected chi connectivity index (χ0v) is 15.2. The standard InChI is InChI=1S/C21H31N3O/c25-13-10-19-16-23(11-12-24(19)18-6-2-1-3-7-18)15-17-14-22-21-9-5-4-8-20(17)21/h4-5,8-9,14,18-19,22,25H,1-3,6-7,10-13,15-16H2/t19-/m1/s1. The number of benzene rings is 1. The van der Waals surface area contributed by atoms with E-state index >= 15 is 0 Å². The maximum absolute atomic E-state index is 9.57. The molecule has 2 aliphatic rings. The Bertz CT molecular complexity index is 677. The van der Waals surface area contributed by atoms with Crippen LogP contribution >= 0.6 is 0 Å². The van der Waals surface area contributed by atoms with Crippen LogP contribution in [0.15, 0.2) is 30.5 Å². The van der Waals surface area contributed by atoms with Crippen LogP contribution in [0.2, 0.25) is 0 Å². The quantitative estimate of drug-likeness (QED) is 0.876. The molecule has 0 unspecified atom stereocenters. The van der Waals surface area contributed by atoms with Crippen molar-refractivity contribution in [1.29, 1.82) is 0 Å². The van der Waals surface area contributed by atoms with Crippen molar-refractivity contribution in [3.05, 3.63) is 36.0 Å². The SMILES string of the molecule is OCC[C@@H]1CN(Cc2c[nH]c3ccccc23)CCN1C1CCCCC1. The lowest BCUT2D eigenvalue weighted by molar-refractivity contribution is 0.0138. The number of H-pyrrole nitrogens is 1. The second-order valence-corrected chi connectivity index (χ2v) is 7.79. The fraction of sp³-hybridized carbons (Fsp3) is 0.619. The number of hydrogen-bond donors (Lipinski definition) is 2. The monoisotopic (exact) mass is 341 g/mol. The molecule has 1 aromatic carbocycles. The fourth-order valence-electron chi connectivity index (χ4n) is 4.88. The van der Waals surface area contributed by atoms with E-state index in [4.69, 9.17) is 0 Å². The van der Waals surface area contributed by atoms with Crippen LogP contribution in [0.5, 0.6) is 0 Å². The normalized spacial score (nSPS) is 24.1. The molecule has 1 aliphatic heterocycles. The number of rotatable bonds is 5. The van der Waals surface area contributed by atoms with E-state index in [0.29, 0.717) is 12.6 Å². The first-order valence-electron chi connectivity index (χ1n) is 9.99. The molecule has 1 aromatic heterocycles. The van der Waals surface area contributed by atoms with Gasteiger partial charge in [-0.15, -0.1) is 0 Å². The molecule has 25 heavy (non-hydrogen) atoms. The lowest BCUT2D eigenvalue weighted by atomic mass is 9.91. The van der Waals surface area contributed by atoms with Crippen LogP contribution in [0.25, 0.3) is 10.9 Å². The highest BCUT2D eigenvalue weighted by molar-refractivity contribution is 5.82. The lowest BCUT2D eigenvalue weighted by Crippen LogP contribution is -2.56. The molecule has 0 spiro atoms. The molecule has 136 valence electrons. The van der Waals surface area contributed by atoms with E-state index < -0.39 is 0 Å². The first-order valence-corrected chi connectivity index (χ1v) is 9.99. The molecule has 4 heteroatoms. The largest absolute Gasteiger partial charge is 0.396 e. The van der Waals surface area contributed by atoms with E-state index in [1.54, 1.807) is 0 Å². The topological polar surface area (TPSA) is 42.5 Å². The number of hydrogen-bond acceptors (Lipinski definition) is 3. The van der Waals surface area contributed by atoms with Crippen molar-refractivity contribution in [3.8, 4) is 0 Å². The van der Waals surface area contributed by atoms with Gasteiger partial charge in [-0.25, -0.2) is 0 Å². The zero-order valence-electron chi connectivity index (χ0n) is 15.2. The van der Waals surface area contributed by atoms with Crippen LogP contribution in [-0.2, 0) is 6.54 Å². The Morgan fingerprint density at radius 2 is 1.92 bits per heavy atom. The minimum absolute atomic E-state index is 0.300. The summed E-state index contributed by atoms with van der Waals surface area (Å²) >= 11 is 0. The summed E-state index contributed by atoms with van der Waals surface area (Å²) in [5.41, 5.74) is 2.62. The summed E-state index contributed by atoms with van der Waals surface area (Å²) in [4.78, 5) is 8.70. The van der Waals surface area contributed by atoms with Gasteiger partial charge in [-0.3, -0.25) is 9.80 Å². The van der Waals surface area contributed by atoms with Gasteiger partial charge in [-0.2, -0.15) is 0 Å². The third-order valence-electron chi connectivity index (χ3n) is 6.19. The van der Waals surface area contributed by atoms with Gasteiger partial charge in [0, 0.05) is 62.0 Å². The number of piperazine rings is 1. The summed E-state index contributed by atoms with van der Waals surface area (Å²) in [6, 6.07) is 9.82. The first kappa shape index (κ1) is 17.1. The minimum atomic E-state index is 0.300. The minimum Gasteiger partial charge on any atom is -0.396 e. The van der Waals surface area contributed by atoms with E-state index in [9.17, 15) is 5.11 Å². The first-order chi connectivity index (χ1) is 12.3. The molecule has 1 saturated heterocycles. The maximum atomic E-state index is 9.57. The van der Waals surface area contributed by atoms with Gasteiger partial charge in [0.15, 0.2) is 0 Å². The van der Waals surface area contributed by atoms with E-state index in [1.165, 1.54) is 48.6 Å². The Morgan fingerprint density at radius 1 is 1.08 bits per heavy atom. The Morgan fingerprint density at radius 3 is 2.76 bits per heavy atom. The van der Waals surface area contributed by atoms with E-state index in [1.807, 2.05) is 0 Å². The van der Waals surface area contributed by atoms with E-state index in [2.05, 4.69) is 45.2 Å². The zero-order chi connectivity index (χ0) is 17.1. The molecule has 4 nitrogen and oxygen atoms in total. The second kappa shape index (κ2) is 7.90. The highest BCUT2D eigenvalue weighted by Gasteiger charge is 2.32. The summed E-state index contributed by atoms with van der Waals surface area (Å²) in [6.45, 7) is 4.67. The summed E-state index contributed by atoms with van der Waals surface area (Å²) < 4.78 is 0. The lowest BCUT2D eigenvalue weighted by Gasteiger charge is -2.46. The van der Waals surface area contributed by atoms with Crippen LogP contribution in [0.3, 0.4) is 0 Å². The van der Waals surface area contributed by atoms with Gasteiger partial charge in [0.25, 0.3) is 0 Å². The number of aromatic amines is 1. The molecule has 0 radical (unpaired) electrons. The van der Waals surface area contributed by atoms with E-state index in [-0.39, 0.29) is 0 Å². The molecule has 4 rings (SSSR count). The number of fused-ring (bicyclic) bond motifs is 1. The van der Waals surface area contributed by atoms with Crippen molar-refractivity contribution in [3.63, 3.8) is 0 Å². The molecule has 2 heterocycles. The number of aromatic nitrogens is 1. The smallest absolute Gasteiger partial charge is 0.0457 e. The third kappa shape index (κ3) is 3.76. The molecule has 1 atom stereocenters. The summed E-state index contributed by atoms with van der Waals surface area (Å²) in [5.74, 6) is 0. The van der Waals surface area contributed by atoms with Gasteiger partial charge in [-0.1, -0.05) is 37.5 Å². The molecule has 2 fully saturated rings. The maximum Gasteiger partial charge on any atom is 0.0457 e. The van der Waals surface area contributed by atoms with Gasteiger partial charge in [0.05, 0.1) is 0 Å². The average Bonchev–Trinajstić information content (AvgIpc) is 3.06. The van der Waals surface area contributed by atoms with Crippen LogP contribution in [0, 0.1) is 0 Å². The van der Waals surface area contributed by atoms with Gasteiger partial charge in [-0.05, 0) is 30.9 Å². The number of para-hydroxylation sites is 1. The molecule has 0 amide bonds. The van der Waals surface area contributed by atoms with Crippen LogP contribution in [-0.4, -0.2) is 58.2 Å². The van der Waals surface area contributed by atoms with E-state index in [0.717, 1.165) is 38.6 Å². The van der Waals surface area contributed by atoms with Gasteiger partial charge in [0.2, 0.25) is 0 Å². The summed E-state index contributed by atoms with van der Waals surface area (Å²) in [7, 11) is 0. The molecule has 1 saturated carbocycles. The number of nitrogens with one attached hydrogen (secondary N) is 1. The average molecular weight is 341 g/mol. The Labute approximate surface area is 150 Å². The van der Waals surface area contributed by atoms with Gasteiger partial charge < -0.3 is 10.1 Å². The predicted molar refractivity (Wildman–Crippen MR) is 103 cm³/mol. The second-order valence-electron chi connectivity index (χ2n) is 7.79. The highest BCUT2D eigenvalue weighted by Crippen LogP contribution is 2.28. The Kier molecular flexibility index (Phi) is 5.39. The molecule has 0 bridgehead atoms. The number of aliphatic hydroxyl groups excluding tert-OH is 1. The summed E-state index contributed by atoms with van der Waals surface area (Å²) in [6.07, 6.45) is 9.94. The molecular weight excluding hydrogens is 310 g/mol. The van der Waals surface area contributed by atoms with Crippen molar-refractivity contribution in [1.82, 2.24) is 14.8 Å². The number of nitrogens with zero attached hydrogens (tertiary/aromatic N) is 2. The molecule has 2 aromatic rings. The molecule has 2 N–H and O–H groups in total. The van der Waals surface area contributed by atoms with Crippen molar-refractivity contribution in [2.75, 3.05) is 26.2 Å². The van der Waals surface area contributed by atoms with Crippen molar-refractivity contribution in [2.45, 2.75) is 57.2 Å². The molecule has 1 aliphatic carbocycles. The predicted octanol–water partition coefficient (Wildman–Crippen LogP) is 3.37. The highest BCUT2D eigenvalue weighted by atomic mass is 16.3. The van der Waals surface area contributed by atoms with Crippen LogP contribution < -0.4 is 0 Å². The van der Waals surface area contributed by atoms with Gasteiger partial charge in [0.1, 0.15) is 0 Å². The fourth-order valence-corrected chi connectivity index (χ4v) is 4.88. The van der Waals surface area contributed by atoms with Crippen molar-refractivity contribution >= 4 is 10.9 Å². The Hall–Kier alpha value is -1.36. The van der Waals surface area contributed by atoms with Crippen LogP contribution in [0.4, 0.5) is 0 Å². The Balaban J connectivity index is 1.44. The summed E-state index contributed by atoms with van der Waals surface area (Å²) in [5, 5.41) is 10.9. The van der Waals surface area contributed by atoms with Crippen LogP contribution in [0.1, 0.15) is 44.1 Å². The van der Waals surface area contributed by atoms with Gasteiger partial charge >= 0.3 is 0 Å². The molecular formula is C21H31N3O. The van der Waals surface area contributed by atoms with Crippen molar-refractivity contribution < 1.29 is 5.11 Å².